The molecule has 8 heteroatoms. The smallest absolute Gasteiger partial charge is 0.286 e. The van der Waals surface area contributed by atoms with E-state index in [1.807, 2.05) is 32.0 Å². The maximum Gasteiger partial charge on any atom is 0.286 e. The Labute approximate surface area is 144 Å². The van der Waals surface area contributed by atoms with Crippen LogP contribution in [0.25, 0.3) is 0 Å². The van der Waals surface area contributed by atoms with Gasteiger partial charge >= 0.3 is 0 Å². The third-order valence-corrected chi connectivity index (χ3v) is 3.56. The van der Waals surface area contributed by atoms with Gasteiger partial charge in [0, 0.05) is 12.6 Å². The van der Waals surface area contributed by atoms with Crippen LogP contribution < -0.4 is 16.0 Å². The third kappa shape index (κ3) is 4.66. The number of nitrogens with zero attached hydrogens (tertiary/aromatic N) is 2. The number of hydrogen-bond donors (Lipinski definition) is 1. The predicted octanol–water partition coefficient (Wildman–Crippen LogP) is 1.94. The molecule has 0 atom stereocenters. The first kappa shape index (κ1) is 18.2. The summed E-state index contributed by atoms with van der Waals surface area (Å²) in [6.07, 6.45) is 1.54. The molecule has 0 radical (unpaired) electrons. The minimum Gasteiger partial charge on any atom is -0.494 e. The second-order valence-corrected chi connectivity index (χ2v) is 5.76. The van der Waals surface area contributed by atoms with Crippen molar-refractivity contribution in [3.8, 4) is 5.75 Å². The highest BCUT2D eigenvalue weighted by atomic mass is 16.6. The van der Waals surface area contributed by atoms with Crippen LogP contribution in [0.2, 0.25) is 0 Å². The van der Waals surface area contributed by atoms with Gasteiger partial charge in [0.25, 0.3) is 17.2 Å². The number of primary amides is 1. The number of ether oxygens (including phenoxy) is 1. The van der Waals surface area contributed by atoms with Crippen LogP contribution in [0.3, 0.4) is 0 Å². The number of hydrogen-bond acceptors (Lipinski definition) is 5. The summed E-state index contributed by atoms with van der Waals surface area (Å²) in [6, 6.07) is 6.73. The number of aryl methyl sites for hydroxylation is 3. The van der Waals surface area contributed by atoms with Crippen LogP contribution in [0.15, 0.2) is 35.3 Å². The molecule has 0 aliphatic rings. The zero-order valence-corrected chi connectivity index (χ0v) is 14.0. The number of aromatic nitrogens is 1. The molecule has 1 aromatic heterocycles. The minimum absolute atomic E-state index is 0.172. The Morgan fingerprint density at radius 2 is 1.88 bits per heavy atom. The molecule has 0 saturated heterocycles. The Hall–Kier alpha value is -3.16. The fourth-order valence-electron chi connectivity index (χ4n) is 2.50. The lowest BCUT2D eigenvalue weighted by atomic mass is 10.1. The molecule has 1 aromatic carbocycles. The lowest BCUT2D eigenvalue weighted by molar-refractivity contribution is -0.385. The number of rotatable bonds is 7. The number of nitro groups is 1. The predicted molar refractivity (Wildman–Crippen MR) is 91.9 cm³/mol. The first-order valence-corrected chi connectivity index (χ1v) is 7.67. The van der Waals surface area contributed by atoms with Crippen LogP contribution in [0.1, 0.15) is 27.9 Å². The van der Waals surface area contributed by atoms with Crippen molar-refractivity contribution < 1.29 is 14.5 Å². The Bertz CT molecular complexity index is 853. The van der Waals surface area contributed by atoms with Gasteiger partial charge in [-0.3, -0.25) is 19.7 Å². The Morgan fingerprint density at radius 3 is 2.44 bits per heavy atom. The molecule has 0 saturated carbocycles. The fourth-order valence-corrected chi connectivity index (χ4v) is 2.50. The van der Waals surface area contributed by atoms with Gasteiger partial charge < -0.3 is 15.0 Å². The van der Waals surface area contributed by atoms with E-state index in [2.05, 4.69) is 0 Å². The minimum atomic E-state index is -0.992. The maximum absolute atomic E-state index is 12.1. The normalized spacial score (nSPS) is 10.5. The Morgan fingerprint density at radius 1 is 1.24 bits per heavy atom. The zero-order chi connectivity index (χ0) is 18.6. The van der Waals surface area contributed by atoms with Crippen molar-refractivity contribution in [2.75, 3.05) is 6.61 Å². The summed E-state index contributed by atoms with van der Waals surface area (Å²) in [5, 5.41) is 10.9. The molecule has 0 unspecified atom stereocenters. The molecule has 2 rings (SSSR count). The highest BCUT2D eigenvalue weighted by Gasteiger charge is 2.17. The van der Waals surface area contributed by atoms with Gasteiger partial charge in [-0.15, -0.1) is 0 Å². The molecule has 1 heterocycles. The lowest BCUT2D eigenvalue weighted by Gasteiger charge is -2.10. The zero-order valence-electron chi connectivity index (χ0n) is 14.0. The largest absolute Gasteiger partial charge is 0.494 e. The van der Waals surface area contributed by atoms with Crippen molar-refractivity contribution in [1.82, 2.24) is 4.57 Å². The highest BCUT2D eigenvalue weighted by molar-refractivity contribution is 5.92. The molecule has 0 spiro atoms. The Kier molecular flexibility index (Phi) is 5.53. The van der Waals surface area contributed by atoms with Crippen LogP contribution in [0.5, 0.6) is 5.75 Å². The van der Waals surface area contributed by atoms with Crippen LogP contribution in [0, 0.1) is 24.0 Å². The molecule has 25 heavy (non-hydrogen) atoms. The fraction of sp³-hybridized carbons (Fsp3) is 0.294. The summed E-state index contributed by atoms with van der Waals surface area (Å²) in [6.45, 7) is 4.43. The molecular formula is C17H19N3O5. The second-order valence-electron chi connectivity index (χ2n) is 5.76. The molecule has 1 amide bonds. The first-order chi connectivity index (χ1) is 11.8. The molecule has 8 nitrogen and oxygen atoms in total. The summed E-state index contributed by atoms with van der Waals surface area (Å²) in [7, 11) is 0. The number of carbonyl (C=O) groups excluding carboxylic acids is 1. The summed E-state index contributed by atoms with van der Waals surface area (Å²) in [5.41, 5.74) is 5.87. The molecule has 2 N–H and O–H groups in total. The van der Waals surface area contributed by atoms with Gasteiger partial charge in [-0.2, -0.15) is 0 Å². The van der Waals surface area contributed by atoms with Crippen molar-refractivity contribution >= 4 is 11.6 Å². The quantitative estimate of drug-likeness (QED) is 0.467. The highest BCUT2D eigenvalue weighted by Crippen LogP contribution is 2.16. The van der Waals surface area contributed by atoms with E-state index in [-0.39, 0.29) is 12.2 Å². The van der Waals surface area contributed by atoms with Gasteiger partial charge in [0.05, 0.1) is 17.7 Å². The molecule has 132 valence electrons. The molecule has 0 fully saturated rings. The molecular weight excluding hydrogens is 326 g/mol. The maximum atomic E-state index is 12.1. The topological polar surface area (TPSA) is 117 Å². The standard InChI is InChI=1S/C17H19N3O5/c1-11-6-12(2)8-14(7-11)25-5-3-4-19-10-13(20(23)24)9-15(16(18)21)17(19)22/h6-10H,3-5H2,1-2H3,(H2,18,21). The summed E-state index contributed by atoms with van der Waals surface area (Å²) < 4.78 is 6.76. The van der Waals surface area contributed by atoms with E-state index in [4.69, 9.17) is 10.5 Å². The van der Waals surface area contributed by atoms with Gasteiger partial charge in [0.1, 0.15) is 11.3 Å². The number of pyridine rings is 1. The van der Waals surface area contributed by atoms with Gasteiger partial charge in [-0.05, 0) is 43.5 Å². The summed E-state index contributed by atoms with van der Waals surface area (Å²) >= 11 is 0. The summed E-state index contributed by atoms with van der Waals surface area (Å²) in [4.78, 5) is 33.7. The summed E-state index contributed by atoms with van der Waals surface area (Å²) in [5.74, 6) is -0.268. The van der Waals surface area contributed by atoms with E-state index in [9.17, 15) is 19.7 Å². The van der Waals surface area contributed by atoms with Crippen molar-refractivity contribution in [2.45, 2.75) is 26.8 Å². The first-order valence-electron chi connectivity index (χ1n) is 7.67. The second kappa shape index (κ2) is 7.61. The van der Waals surface area contributed by atoms with E-state index in [0.29, 0.717) is 13.0 Å². The van der Waals surface area contributed by atoms with Crippen LogP contribution in [-0.4, -0.2) is 22.0 Å². The van der Waals surface area contributed by atoms with Gasteiger partial charge in [-0.25, -0.2) is 0 Å². The van der Waals surface area contributed by atoms with E-state index in [1.165, 1.54) is 0 Å². The van der Waals surface area contributed by atoms with Crippen molar-refractivity contribution in [3.05, 3.63) is 67.6 Å². The van der Waals surface area contributed by atoms with Crippen LogP contribution in [0.4, 0.5) is 5.69 Å². The molecule has 0 aliphatic heterocycles. The molecule has 0 bridgehead atoms. The monoisotopic (exact) mass is 345 g/mol. The average molecular weight is 345 g/mol. The van der Waals surface area contributed by atoms with E-state index in [0.717, 1.165) is 33.7 Å². The van der Waals surface area contributed by atoms with Gasteiger partial charge in [0.2, 0.25) is 0 Å². The van der Waals surface area contributed by atoms with E-state index >= 15 is 0 Å². The SMILES string of the molecule is Cc1cc(C)cc(OCCCn2cc([N+](=O)[O-])cc(C(N)=O)c2=O)c1. The van der Waals surface area contributed by atoms with Gasteiger partial charge in [-0.1, -0.05) is 6.07 Å². The van der Waals surface area contributed by atoms with Crippen molar-refractivity contribution in [2.24, 2.45) is 5.73 Å². The molecule has 2 aromatic rings. The number of amides is 1. The van der Waals surface area contributed by atoms with Crippen LogP contribution >= 0.6 is 0 Å². The number of carbonyl (C=O) groups is 1. The van der Waals surface area contributed by atoms with E-state index < -0.39 is 22.0 Å². The van der Waals surface area contributed by atoms with Crippen molar-refractivity contribution in [1.29, 1.82) is 0 Å². The number of benzene rings is 1. The van der Waals surface area contributed by atoms with E-state index in [1.54, 1.807) is 0 Å². The average Bonchev–Trinajstić information content (AvgIpc) is 2.51. The molecule has 0 aliphatic carbocycles. The van der Waals surface area contributed by atoms with Crippen molar-refractivity contribution in [3.63, 3.8) is 0 Å². The van der Waals surface area contributed by atoms with Gasteiger partial charge in [0.15, 0.2) is 0 Å². The number of nitrogens with two attached hydrogens (primary N) is 1. The van der Waals surface area contributed by atoms with Crippen LogP contribution in [-0.2, 0) is 6.54 Å². The lowest BCUT2D eigenvalue weighted by Crippen LogP contribution is -2.30. The third-order valence-electron chi connectivity index (χ3n) is 3.56. The Balaban J connectivity index is 2.08.